The fraction of sp³-hybridized carbons (Fsp3) is 0.692. The summed E-state index contributed by atoms with van der Waals surface area (Å²) in [4.78, 5) is 25.0. The van der Waals surface area contributed by atoms with Crippen LogP contribution in [0.1, 0.15) is 93.1 Å². The molecule has 1 spiro atoms. The Balaban J connectivity index is 1.48. The van der Waals surface area contributed by atoms with Gasteiger partial charge >= 0.3 is 11.9 Å². The Bertz CT molecular complexity index is 949. The predicted octanol–water partition coefficient (Wildman–Crippen LogP) is 5.14. The quantitative estimate of drug-likeness (QED) is 0.630. The van der Waals surface area contributed by atoms with Crippen molar-refractivity contribution in [1.29, 1.82) is 0 Å². The number of methoxy groups -OCH3 is 1. The Kier molecular flexibility index (Phi) is 4.52. The van der Waals surface area contributed by atoms with E-state index in [0.717, 1.165) is 56.9 Å². The molecule has 168 valence electrons. The lowest BCUT2D eigenvalue weighted by Crippen LogP contribution is -2.56. The number of carbonyl (C=O) groups excluding carboxylic acids is 2. The molecule has 0 bridgehead atoms. The first-order valence-corrected chi connectivity index (χ1v) is 11.8. The Hall–Kier alpha value is -2.04. The Morgan fingerprint density at radius 3 is 2.58 bits per heavy atom. The van der Waals surface area contributed by atoms with Gasteiger partial charge in [0.05, 0.1) is 12.5 Å². The normalized spacial score (nSPS) is 38.1. The van der Waals surface area contributed by atoms with Crippen molar-refractivity contribution in [2.24, 2.45) is 22.7 Å². The van der Waals surface area contributed by atoms with Crippen LogP contribution in [0.25, 0.3) is 0 Å². The van der Waals surface area contributed by atoms with E-state index < -0.39 is 5.97 Å². The zero-order valence-corrected chi connectivity index (χ0v) is 19.1. The number of aryl methyl sites for hydroxylation is 1. The molecule has 2 saturated carbocycles. The van der Waals surface area contributed by atoms with Gasteiger partial charge in [-0.05, 0) is 106 Å². The standard InChI is InChI=1S/C26H34O5/c1-24(2)11-12-26(31-23(24)29)10-8-20-17-6-5-15-13-21(27)19(22(28)30-4)14-18(15)16(17)7-9-25(20,26)3/h13-14,16-17,20,27H,5-12H2,1-4H3/t16-,17+,20-,25-,26+/m0/s1. The summed E-state index contributed by atoms with van der Waals surface area (Å²) in [5.74, 6) is 0.922. The average Bonchev–Trinajstić information content (AvgIpc) is 3.02. The van der Waals surface area contributed by atoms with E-state index in [2.05, 4.69) is 6.92 Å². The van der Waals surface area contributed by atoms with Gasteiger partial charge in [0.2, 0.25) is 0 Å². The molecular formula is C26H34O5. The van der Waals surface area contributed by atoms with Gasteiger partial charge < -0.3 is 14.6 Å². The Morgan fingerprint density at radius 1 is 1.10 bits per heavy atom. The SMILES string of the molecule is COC(=O)c1cc2c(cc1O)CC[C@@H]1[C@@H]2CC[C@@]2(C)[C@H]1CC[C@@]21CCC(C)(C)C(=O)O1. The van der Waals surface area contributed by atoms with Crippen molar-refractivity contribution >= 4 is 11.9 Å². The first kappa shape index (κ1) is 20.8. The number of phenols is 1. The molecular weight excluding hydrogens is 392 g/mol. The summed E-state index contributed by atoms with van der Waals surface area (Å²) in [6.45, 7) is 6.37. The van der Waals surface area contributed by atoms with Crippen LogP contribution in [0.2, 0.25) is 0 Å². The molecule has 0 aromatic heterocycles. The lowest BCUT2D eigenvalue weighted by atomic mass is 9.52. The Morgan fingerprint density at radius 2 is 1.87 bits per heavy atom. The van der Waals surface area contributed by atoms with Crippen molar-refractivity contribution in [3.63, 3.8) is 0 Å². The summed E-state index contributed by atoms with van der Waals surface area (Å²) in [7, 11) is 1.35. The fourth-order valence-corrected chi connectivity index (χ4v) is 7.54. The van der Waals surface area contributed by atoms with Gasteiger partial charge in [-0.15, -0.1) is 0 Å². The number of hydrogen-bond donors (Lipinski definition) is 1. The topological polar surface area (TPSA) is 72.8 Å². The van der Waals surface area contributed by atoms with Crippen LogP contribution in [0.3, 0.4) is 0 Å². The highest BCUT2D eigenvalue weighted by molar-refractivity contribution is 5.92. The molecule has 1 heterocycles. The fourth-order valence-electron chi connectivity index (χ4n) is 7.54. The van der Waals surface area contributed by atoms with Gasteiger partial charge in [0.25, 0.3) is 0 Å². The van der Waals surface area contributed by atoms with Crippen LogP contribution in [-0.4, -0.2) is 29.8 Å². The maximum absolute atomic E-state index is 12.8. The average molecular weight is 427 g/mol. The smallest absolute Gasteiger partial charge is 0.341 e. The molecule has 5 heteroatoms. The second-order valence-corrected chi connectivity index (χ2v) is 11.2. The van der Waals surface area contributed by atoms with Crippen molar-refractivity contribution in [2.45, 2.75) is 83.7 Å². The summed E-state index contributed by atoms with van der Waals surface area (Å²) in [6, 6.07) is 3.65. The highest BCUT2D eigenvalue weighted by Crippen LogP contribution is 2.67. The predicted molar refractivity (Wildman–Crippen MR) is 116 cm³/mol. The third kappa shape index (κ3) is 2.81. The van der Waals surface area contributed by atoms with Gasteiger partial charge in [0.1, 0.15) is 16.9 Å². The van der Waals surface area contributed by atoms with E-state index >= 15 is 0 Å². The number of aromatic hydroxyl groups is 1. The number of ether oxygens (including phenoxy) is 2. The number of hydrogen-bond acceptors (Lipinski definition) is 5. The molecule has 1 saturated heterocycles. The van der Waals surface area contributed by atoms with Gasteiger partial charge in [-0.1, -0.05) is 6.92 Å². The van der Waals surface area contributed by atoms with E-state index in [9.17, 15) is 14.7 Å². The molecule has 0 radical (unpaired) electrons. The van der Waals surface area contributed by atoms with Crippen LogP contribution >= 0.6 is 0 Å². The monoisotopic (exact) mass is 426 g/mol. The first-order chi connectivity index (χ1) is 14.6. The molecule has 5 nitrogen and oxygen atoms in total. The zero-order chi connectivity index (χ0) is 22.2. The van der Waals surface area contributed by atoms with E-state index in [4.69, 9.17) is 9.47 Å². The van der Waals surface area contributed by atoms with Gasteiger partial charge in [0.15, 0.2) is 0 Å². The molecule has 1 N–H and O–H groups in total. The van der Waals surface area contributed by atoms with Crippen LogP contribution in [0, 0.1) is 22.7 Å². The zero-order valence-electron chi connectivity index (χ0n) is 19.1. The van der Waals surface area contributed by atoms with Crippen LogP contribution in [0.15, 0.2) is 12.1 Å². The molecule has 5 rings (SSSR count). The molecule has 3 fully saturated rings. The van der Waals surface area contributed by atoms with Crippen LogP contribution < -0.4 is 0 Å². The van der Waals surface area contributed by atoms with Gasteiger partial charge in [0, 0.05) is 5.41 Å². The third-order valence-corrected chi connectivity index (χ3v) is 9.53. The molecule has 31 heavy (non-hydrogen) atoms. The van der Waals surface area contributed by atoms with Crippen molar-refractivity contribution in [3.05, 3.63) is 28.8 Å². The number of esters is 2. The van der Waals surface area contributed by atoms with Crippen molar-refractivity contribution in [2.75, 3.05) is 7.11 Å². The lowest BCUT2D eigenvalue weighted by Gasteiger charge is -2.56. The summed E-state index contributed by atoms with van der Waals surface area (Å²) < 4.78 is 11.2. The van der Waals surface area contributed by atoms with Gasteiger partial charge in [-0.2, -0.15) is 0 Å². The lowest BCUT2D eigenvalue weighted by molar-refractivity contribution is -0.206. The maximum Gasteiger partial charge on any atom is 0.341 e. The number of phenolic OH excluding ortho intramolecular Hbond substituents is 1. The minimum absolute atomic E-state index is 0.0138. The number of rotatable bonds is 1. The number of carbonyl (C=O) groups is 2. The molecule has 0 unspecified atom stereocenters. The van der Waals surface area contributed by atoms with E-state index in [1.54, 1.807) is 6.07 Å². The van der Waals surface area contributed by atoms with Gasteiger partial charge in [-0.3, -0.25) is 4.79 Å². The number of benzene rings is 1. The number of fused-ring (bicyclic) bond motifs is 6. The maximum atomic E-state index is 12.8. The molecule has 5 atom stereocenters. The largest absolute Gasteiger partial charge is 0.507 e. The molecule has 1 aromatic rings. The summed E-state index contributed by atoms with van der Waals surface area (Å²) >= 11 is 0. The van der Waals surface area contributed by atoms with Crippen molar-refractivity contribution in [1.82, 2.24) is 0 Å². The second kappa shape index (κ2) is 6.73. The molecule has 3 aliphatic carbocycles. The molecule has 1 aromatic carbocycles. The van der Waals surface area contributed by atoms with Crippen molar-refractivity contribution < 1.29 is 24.2 Å². The van der Waals surface area contributed by atoms with Crippen molar-refractivity contribution in [3.8, 4) is 5.75 Å². The molecule has 4 aliphatic rings. The minimum atomic E-state index is -0.486. The second-order valence-electron chi connectivity index (χ2n) is 11.2. The summed E-state index contributed by atoms with van der Waals surface area (Å²) in [5.41, 5.74) is 1.95. The third-order valence-electron chi connectivity index (χ3n) is 9.53. The highest BCUT2D eigenvalue weighted by atomic mass is 16.6. The Labute approximate surface area is 184 Å². The van der Waals surface area contributed by atoms with E-state index in [1.807, 2.05) is 19.9 Å². The van der Waals surface area contributed by atoms with Gasteiger partial charge in [-0.25, -0.2) is 4.79 Å². The van der Waals surface area contributed by atoms with Crippen LogP contribution in [-0.2, 0) is 20.7 Å². The minimum Gasteiger partial charge on any atom is -0.507 e. The highest BCUT2D eigenvalue weighted by Gasteiger charge is 2.65. The van der Waals surface area contributed by atoms with E-state index in [-0.39, 0.29) is 33.7 Å². The van der Waals surface area contributed by atoms with Crippen LogP contribution in [0.4, 0.5) is 0 Å². The molecule has 1 aliphatic heterocycles. The van der Waals surface area contributed by atoms with E-state index in [1.165, 1.54) is 12.7 Å². The van der Waals surface area contributed by atoms with E-state index in [0.29, 0.717) is 17.8 Å². The summed E-state index contributed by atoms with van der Waals surface area (Å²) in [6.07, 6.45) is 7.99. The van der Waals surface area contributed by atoms with Crippen LogP contribution in [0.5, 0.6) is 5.75 Å². The summed E-state index contributed by atoms with van der Waals surface area (Å²) in [5, 5.41) is 10.3. The molecule has 0 amide bonds. The first-order valence-electron chi connectivity index (χ1n) is 11.8.